The molecule has 1 aromatic rings. The standard InChI is InChI=1S/C15H23N/c1-12(2)4-6-14-8-10-15(11-9-14)7-5-13(3)16/h8-12H,3-7,16H2,1-2H3. The molecule has 16 heavy (non-hydrogen) atoms. The van der Waals surface area contributed by atoms with Crippen molar-refractivity contribution in [3.63, 3.8) is 0 Å². The number of allylic oxidation sites excluding steroid dienone is 1. The lowest BCUT2D eigenvalue weighted by molar-refractivity contribution is 0.586. The molecule has 0 atom stereocenters. The second kappa shape index (κ2) is 6.37. The van der Waals surface area contributed by atoms with E-state index >= 15 is 0 Å². The van der Waals surface area contributed by atoms with Gasteiger partial charge in [0, 0.05) is 5.70 Å². The first-order chi connectivity index (χ1) is 7.58. The molecule has 0 saturated carbocycles. The molecule has 0 radical (unpaired) electrons. The van der Waals surface area contributed by atoms with Crippen LogP contribution >= 0.6 is 0 Å². The molecular weight excluding hydrogens is 194 g/mol. The van der Waals surface area contributed by atoms with Crippen LogP contribution in [0.3, 0.4) is 0 Å². The van der Waals surface area contributed by atoms with Crippen LogP contribution in [-0.2, 0) is 12.8 Å². The van der Waals surface area contributed by atoms with Crippen LogP contribution in [0, 0.1) is 5.92 Å². The maximum Gasteiger partial charge on any atom is 0.00108 e. The average Bonchev–Trinajstić information content (AvgIpc) is 2.25. The second-order valence-corrected chi connectivity index (χ2v) is 4.91. The first-order valence-electron chi connectivity index (χ1n) is 6.09. The zero-order valence-corrected chi connectivity index (χ0v) is 10.5. The molecule has 0 saturated heterocycles. The third-order valence-corrected chi connectivity index (χ3v) is 2.77. The Hall–Kier alpha value is -1.24. The molecule has 0 unspecified atom stereocenters. The van der Waals surface area contributed by atoms with Crippen molar-refractivity contribution in [2.75, 3.05) is 0 Å². The highest BCUT2D eigenvalue weighted by molar-refractivity contribution is 5.23. The average molecular weight is 217 g/mol. The number of hydrogen-bond donors (Lipinski definition) is 1. The Balaban J connectivity index is 2.44. The van der Waals surface area contributed by atoms with Gasteiger partial charge in [0.1, 0.15) is 0 Å². The van der Waals surface area contributed by atoms with E-state index in [0.717, 1.165) is 24.5 Å². The van der Waals surface area contributed by atoms with Crippen LogP contribution in [0.1, 0.15) is 37.8 Å². The molecule has 88 valence electrons. The van der Waals surface area contributed by atoms with Gasteiger partial charge in [-0.2, -0.15) is 0 Å². The quantitative estimate of drug-likeness (QED) is 0.773. The largest absolute Gasteiger partial charge is 0.403 e. The SMILES string of the molecule is C=C(N)CCc1ccc(CCC(C)C)cc1. The molecule has 0 aliphatic heterocycles. The van der Waals surface area contributed by atoms with E-state index in [-0.39, 0.29) is 0 Å². The molecule has 2 N–H and O–H groups in total. The van der Waals surface area contributed by atoms with Gasteiger partial charge < -0.3 is 5.73 Å². The number of aryl methyl sites for hydroxylation is 2. The minimum absolute atomic E-state index is 0.767. The summed E-state index contributed by atoms with van der Waals surface area (Å²) in [5, 5.41) is 0. The summed E-state index contributed by atoms with van der Waals surface area (Å²) in [5.41, 5.74) is 9.11. The lowest BCUT2D eigenvalue weighted by atomic mass is 10.0. The summed E-state index contributed by atoms with van der Waals surface area (Å²) < 4.78 is 0. The van der Waals surface area contributed by atoms with Crippen molar-refractivity contribution in [3.05, 3.63) is 47.7 Å². The number of nitrogens with two attached hydrogens (primary N) is 1. The molecule has 0 spiro atoms. The molecule has 0 aliphatic carbocycles. The minimum Gasteiger partial charge on any atom is -0.403 e. The predicted octanol–water partition coefficient (Wildman–Crippen LogP) is 3.68. The van der Waals surface area contributed by atoms with E-state index in [1.165, 1.54) is 24.0 Å². The van der Waals surface area contributed by atoms with E-state index in [1.54, 1.807) is 0 Å². The van der Waals surface area contributed by atoms with Gasteiger partial charge in [0.2, 0.25) is 0 Å². The number of hydrogen-bond acceptors (Lipinski definition) is 1. The molecule has 1 nitrogen and oxygen atoms in total. The van der Waals surface area contributed by atoms with Crippen molar-refractivity contribution in [1.29, 1.82) is 0 Å². The Morgan fingerprint density at radius 1 is 1.12 bits per heavy atom. The van der Waals surface area contributed by atoms with Gasteiger partial charge in [-0.15, -0.1) is 0 Å². The molecular formula is C15H23N. The first-order valence-corrected chi connectivity index (χ1v) is 6.09. The molecule has 1 heteroatoms. The van der Waals surface area contributed by atoms with Crippen LogP contribution in [-0.4, -0.2) is 0 Å². The summed E-state index contributed by atoms with van der Waals surface area (Å²) >= 11 is 0. The first kappa shape index (κ1) is 12.8. The van der Waals surface area contributed by atoms with Crippen molar-refractivity contribution in [3.8, 4) is 0 Å². The fraction of sp³-hybridized carbons (Fsp3) is 0.467. The Kier molecular flexibility index (Phi) is 5.10. The number of benzene rings is 1. The van der Waals surface area contributed by atoms with Crippen LogP contribution < -0.4 is 5.73 Å². The zero-order chi connectivity index (χ0) is 12.0. The maximum atomic E-state index is 5.56. The van der Waals surface area contributed by atoms with E-state index in [9.17, 15) is 0 Å². The molecule has 1 aromatic carbocycles. The third-order valence-electron chi connectivity index (χ3n) is 2.77. The smallest absolute Gasteiger partial charge is 0.00108 e. The van der Waals surface area contributed by atoms with Gasteiger partial charge in [0.05, 0.1) is 0 Å². The Bertz CT molecular complexity index is 322. The summed E-state index contributed by atoms with van der Waals surface area (Å²) in [6, 6.07) is 8.88. The zero-order valence-electron chi connectivity index (χ0n) is 10.5. The molecule has 0 bridgehead atoms. The van der Waals surface area contributed by atoms with Crippen LogP contribution in [0.15, 0.2) is 36.5 Å². The van der Waals surface area contributed by atoms with Crippen molar-refractivity contribution < 1.29 is 0 Å². The molecule has 0 aromatic heterocycles. The molecule has 0 heterocycles. The molecule has 0 aliphatic rings. The highest BCUT2D eigenvalue weighted by atomic mass is 14.5. The van der Waals surface area contributed by atoms with Gasteiger partial charge >= 0.3 is 0 Å². The highest BCUT2D eigenvalue weighted by Gasteiger charge is 1.98. The van der Waals surface area contributed by atoms with E-state index in [2.05, 4.69) is 44.7 Å². The lowest BCUT2D eigenvalue weighted by Gasteiger charge is -2.06. The highest BCUT2D eigenvalue weighted by Crippen LogP contribution is 2.12. The Morgan fingerprint density at radius 2 is 1.62 bits per heavy atom. The fourth-order valence-corrected chi connectivity index (χ4v) is 1.63. The summed E-state index contributed by atoms with van der Waals surface area (Å²) in [5.74, 6) is 0.778. The van der Waals surface area contributed by atoms with Gasteiger partial charge in [-0.25, -0.2) is 0 Å². The summed E-state index contributed by atoms with van der Waals surface area (Å²) in [6.45, 7) is 8.24. The fourth-order valence-electron chi connectivity index (χ4n) is 1.63. The number of rotatable bonds is 6. The van der Waals surface area contributed by atoms with Crippen LogP contribution in [0.25, 0.3) is 0 Å². The summed E-state index contributed by atoms with van der Waals surface area (Å²) in [7, 11) is 0. The van der Waals surface area contributed by atoms with E-state index < -0.39 is 0 Å². The van der Waals surface area contributed by atoms with Gasteiger partial charge in [-0.3, -0.25) is 0 Å². The topological polar surface area (TPSA) is 26.0 Å². The normalized spacial score (nSPS) is 10.7. The second-order valence-electron chi connectivity index (χ2n) is 4.91. The monoisotopic (exact) mass is 217 g/mol. The Morgan fingerprint density at radius 3 is 2.06 bits per heavy atom. The van der Waals surface area contributed by atoms with Crippen LogP contribution in [0.5, 0.6) is 0 Å². The van der Waals surface area contributed by atoms with Gasteiger partial charge in [0.25, 0.3) is 0 Å². The van der Waals surface area contributed by atoms with Gasteiger partial charge in [-0.05, 0) is 42.7 Å². The van der Waals surface area contributed by atoms with Crippen LogP contribution in [0.4, 0.5) is 0 Å². The predicted molar refractivity (Wildman–Crippen MR) is 71.2 cm³/mol. The van der Waals surface area contributed by atoms with Crippen molar-refractivity contribution in [2.24, 2.45) is 11.7 Å². The van der Waals surface area contributed by atoms with Crippen LogP contribution in [0.2, 0.25) is 0 Å². The van der Waals surface area contributed by atoms with E-state index in [0.29, 0.717) is 0 Å². The lowest BCUT2D eigenvalue weighted by Crippen LogP contribution is -1.97. The summed E-state index contributed by atoms with van der Waals surface area (Å²) in [6.07, 6.45) is 4.33. The molecule has 1 rings (SSSR count). The van der Waals surface area contributed by atoms with Gasteiger partial charge in [-0.1, -0.05) is 44.7 Å². The molecule has 0 fully saturated rings. The summed E-state index contributed by atoms with van der Waals surface area (Å²) in [4.78, 5) is 0. The molecule has 0 amide bonds. The van der Waals surface area contributed by atoms with Crippen molar-refractivity contribution >= 4 is 0 Å². The van der Waals surface area contributed by atoms with E-state index in [1.807, 2.05) is 0 Å². The third kappa shape index (κ3) is 5.01. The van der Waals surface area contributed by atoms with Crippen molar-refractivity contribution in [2.45, 2.75) is 39.5 Å². The van der Waals surface area contributed by atoms with Crippen molar-refractivity contribution in [1.82, 2.24) is 0 Å². The van der Waals surface area contributed by atoms with E-state index in [4.69, 9.17) is 5.73 Å². The van der Waals surface area contributed by atoms with Gasteiger partial charge in [0.15, 0.2) is 0 Å². The minimum atomic E-state index is 0.767. The Labute approximate surface area is 99.4 Å². The maximum absolute atomic E-state index is 5.56.